The van der Waals surface area contributed by atoms with Gasteiger partial charge >= 0.3 is 0 Å². The maximum Gasteiger partial charge on any atom is 0.206 e. The summed E-state index contributed by atoms with van der Waals surface area (Å²) in [5.74, 6) is 0. The van der Waals surface area contributed by atoms with Crippen LogP contribution in [0.3, 0.4) is 0 Å². The average Bonchev–Trinajstić information content (AvgIpc) is 2.59. The Morgan fingerprint density at radius 1 is 1.27 bits per heavy atom. The third kappa shape index (κ3) is 1.73. The van der Waals surface area contributed by atoms with Crippen molar-refractivity contribution in [3.63, 3.8) is 0 Å². The third-order valence-corrected chi connectivity index (χ3v) is 3.19. The van der Waals surface area contributed by atoms with Crippen molar-refractivity contribution in [2.75, 3.05) is 11.4 Å². The van der Waals surface area contributed by atoms with Gasteiger partial charge in [-0.05, 0) is 33.8 Å². The number of hydrogen-bond donors (Lipinski definition) is 0. The molecule has 0 fully saturated rings. The number of hydrogen-bond acceptors (Lipinski definition) is 1. The minimum atomic E-state index is 0.562. The van der Waals surface area contributed by atoms with Gasteiger partial charge in [0.25, 0.3) is 0 Å². The van der Waals surface area contributed by atoms with Gasteiger partial charge in [-0.15, -0.1) is 0 Å². The van der Waals surface area contributed by atoms with Crippen molar-refractivity contribution in [2.24, 2.45) is 0 Å². The molecule has 1 aliphatic rings. The monoisotopic (exact) mass is 205 g/mol. The molecule has 0 saturated heterocycles. The fourth-order valence-electron chi connectivity index (χ4n) is 2.43. The van der Waals surface area contributed by atoms with Crippen molar-refractivity contribution in [3.05, 3.63) is 24.0 Å². The molecular weight excluding hydrogens is 184 g/mol. The highest BCUT2D eigenvalue weighted by Gasteiger charge is 2.29. The van der Waals surface area contributed by atoms with Gasteiger partial charge in [-0.3, -0.25) is 0 Å². The summed E-state index contributed by atoms with van der Waals surface area (Å²) in [6, 6.07) is 5.59. The van der Waals surface area contributed by atoms with Gasteiger partial charge in [-0.25, -0.2) is 0 Å². The molecule has 1 aromatic heterocycles. The first-order chi connectivity index (χ1) is 7.11. The SMILES string of the molecule is CC(C)N1CCc2c1ccc[n+]2C(C)C. The summed E-state index contributed by atoms with van der Waals surface area (Å²) in [5.41, 5.74) is 2.93. The number of aromatic nitrogens is 1. The zero-order valence-corrected chi connectivity index (χ0v) is 10.2. The summed E-state index contributed by atoms with van der Waals surface area (Å²) in [5, 5.41) is 0. The quantitative estimate of drug-likeness (QED) is 0.672. The van der Waals surface area contributed by atoms with Crippen molar-refractivity contribution in [1.29, 1.82) is 0 Å². The second-order valence-corrected chi connectivity index (χ2v) is 4.88. The number of nitrogens with zero attached hydrogens (tertiary/aromatic N) is 2. The third-order valence-electron chi connectivity index (χ3n) is 3.19. The number of anilines is 1. The zero-order chi connectivity index (χ0) is 11.0. The van der Waals surface area contributed by atoms with E-state index in [-0.39, 0.29) is 0 Å². The zero-order valence-electron chi connectivity index (χ0n) is 10.2. The molecule has 2 heteroatoms. The van der Waals surface area contributed by atoms with Gasteiger partial charge in [0, 0.05) is 18.7 Å². The Kier molecular flexibility index (Phi) is 2.68. The largest absolute Gasteiger partial charge is 0.363 e. The van der Waals surface area contributed by atoms with Gasteiger partial charge < -0.3 is 4.90 Å². The van der Waals surface area contributed by atoms with E-state index < -0.39 is 0 Å². The predicted molar refractivity (Wildman–Crippen MR) is 63.2 cm³/mol. The minimum absolute atomic E-state index is 0.562. The van der Waals surface area contributed by atoms with E-state index in [1.165, 1.54) is 24.3 Å². The lowest BCUT2D eigenvalue weighted by molar-refractivity contribution is -0.721. The molecule has 0 unspecified atom stereocenters. The first kappa shape index (κ1) is 10.5. The van der Waals surface area contributed by atoms with E-state index in [9.17, 15) is 0 Å². The topological polar surface area (TPSA) is 7.12 Å². The van der Waals surface area contributed by atoms with E-state index in [1.807, 2.05) is 0 Å². The molecule has 15 heavy (non-hydrogen) atoms. The highest BCUT2D eigenvalue weighted by molar-refractivity contribution is 5.53. The van der Waals surface area contributed by atoms with Crippen LogP contribution >= 0.6 is 0 Å². The molecule has 2 heterocycles. The van der Waals surface area contributed by atoms with Crippen LogP contribution in [0.4, 0.5) is 5.69 Å². The molecule has 2 rings (SSSR count). The molecule has 0 bridgehead atoms. The Hall–Kier alpha value is -1.05. The molecule has 1 aliphatic heterocycles. The Balaban J connectivity index is 2.43. The fraction of sp³-hybridized carbons (Fsp3) is 0.615. The maximum atomic E-state index is 2.49. The van der Waals surface area contributed by atoms with Crippen LogP contribution < -0.4 is 9.47 Å². The van der Waals surface area contributed by atoms with E-state index in [4.69, 9.17) is 0 Å². The van der Waals surface area contributed by atoms with Gasteiger partial charge in [0.1, 0.15) is 5.69 Å². The highest BCUT2D eigenvalue weighted by Crippen LogP contribution is 2.27. The second-order valence-electron chi connectivity index (χ2n) is 4.88. The molecule has 0 saturated carbocycles. The lowest BCUT2D eigenvalue weighted by Gasteiger charge is -2.22. The summed E-state index contributed by atoms with van der Waals surface area (Å²) in [7, 11) is 0. The Morgan fingerprint density at radius 2 is 2.00 bits per heavy atom. The maximum absolute atomic E-state index is 2.49. The second kappa shape index (κ2) is 3.84. The normalized spacial score (nSPS) is 15.2. The summed E-state index contributed by atoms with van der Waals surface area (Å²) in [6.07, 6.45) is 3.39. The van der Waals surface area contributed by atoms with Crippen LogP contribution in [0.1, 0.15) is 39.4 Å². The van der Waals surface area contributed by atoms with Crippen molar-refractivity contribution < 1.29 is 4.57 Å². The van der Waals surface area contributed by atoms with E-state index in [2.05, 4.69) is 55.5 Å². The summed E-state index contributed by atoms with van der Waals surface area (Å²) in [4.78, 5) is 2.49. The Labute approximate surface area is 92.5 Å². The van der Waals surface area contributed by atoms with Crippen LogP contribution in [0.25, 0.3) is 0 Å². The Bertz CT molecular complexity index is 356. The smallest absolute Gasteiger partial charge is 0.206 e. The molecule has 0 N–H and O–H groups in total. The van der Waals surface area contributed by atoms with Crippen LogP contribution in [-0.4, -0.2) is 12.6 Å². The molecule has 0 aliphatic carbocycles. The molecule has 0 radical (unpaired) electrons. The predicted octanol–water partition coefficient (Wildman–Crippen LogP) is 2.33. The van der Waals surface area contributed by atoms with Crippen molar-refractivity contribution in [3.8, 4) is 0 Å². The number of pyridine rings is 1. The van der Waals surface area contributed by atoms with Gasteiger partial charge in [0.2, 0.25) is 5.69 Å². The van der Waals surface area contributed by atoms with Crippen molar-refractivity contribution in [2.45, 2.75) is 46.2 Å². The molecule has 0 spiro atoms. The summed E-state index contributed by atoms with van der Waals surface area (Å²) in [6.45, 7) is 10.2. The van der Waals surface area contributed by atoms with Gasteiger partial charge in [0.05, 0.1) is 6.42 Å². The van der Waals surface area contributed by atoms with Crippen LogP contribution in [0.5, 0.6) is 0 Å². The molecular formula is C13H21N2+. The van der Waals surface area contributed by atoms with E-state index in [0.717, 1.165) is 0 Å². The molecule has 0 aromatic carbocycles. The Morgan fingerprint density at radius 3 is 2.60 bits per heavy atom. The van der Waals surface area contributed by atoms with E-state index in [1.54, 1.807) is 0 Å². The minimum Gasteiger partial charge on any atom is -0.363 e. The van der Waals surface area contributed by atoms with Crippen LogP contribution in [-0.2, 0) is 6.42 Å². The van der Waals surface area contributed by atoms with Crippen LogP contribution in [0.2, 0.25) is 0 Å². The molecule has 0 amide bonds. The van der Waals surface area contributed by atoms with Gasteiger partial charge in [-0.1, -0.05) is 0 Å². The van der Waals surface area contributed by atoms with E-state index >= 15 is 0 Å². The first-order valence-electron chi connectivity index (χ1n) is 5.91. The molecule has 2 nitrogen and oxygen atoms in total. The van der Waals surface area contributed by atoms with Crippen LogP contribution in [0.15, 0.2) is 18.3 Å². The van der Waals surface area contributed by atoms with Crippen molar-refractivity contribution >= 4 is 5.69 Å². The number of fused-ring (bicyclic) bond motifs is 1. The molecule has 0 atom stereocenters. The fourth-order valence-corrected chi connectivity index (χ4v) is 2.43. The standard InChI is InChI=1S/C13H21N2/c1-10(2)14-8-5-6-12-13(14)7-9-15(12)11(3)4/h5-6,8,10-11H,7,9H2,1-4H3/q+1. The number of rotatable bonds is 2. The van der Waals surface area contributed by atoms with E-state index in [0.29, 0.717) is 12.1 Å². The highest BCUT2D eigenvalue weighted by atomic mass is 15.2. The summed E-state index contributed by atoms with van der Waals surface area (Å²) >= 11 is 0. The van der Waals surface area contributed by atoms with Gasteiger partial charge in [-0.2, -0.15) is 4.57 Å². The lowest BCUT2D eigenvalue weighted by atomic mass is 10.2. The average molecular weight is 205 g/mol. The van der Waals surface area contributed by atoms with Gasteiger partial charge in [0.15, 0.2) is 12.2 Å². The summed E-state index contributed by atoms with van der Waals surface area (Å²) < 4.78 is 2.40. The van der Waals surface area contributed by atoms with Crippen molar-refractivity contribution in [1.82, 2.24) is 0 Å². The lowest BCUT2D eigenvalue weighted by Crippen LogP contribution is -2.39. The van der Waals surface area contributed by atoms with Crippen LogP contribution in [0, 0.1) is 0 Å². The molecule has 1 aromatic rings. The molecule has 82 valence electrons. The first-order valence-corrected chi connectivity index (χ1v) is 5.91.